The van der Waals surface area contributed by atoms with Crippen molar-refractivity contribution in [3.8, 4) is 5.75 Å². The highest BCUT2D eigenvalue weighted by Gasteiger charge is 2.21. The highest BCUT2D eigenvalue weighted by molar-refractivity contribution is 7.80. The lowest BCUT2D eigenvalue weighted by atomic mass is 9.95. The van der Waals surface area contributed by atoms with Crippen molar-refractivity contribution in [2.75, 3.05) is 13.7 Å². The molecular formula is C22H34N2O2S. The number of amides is 1. The maximum absolute atomic E-state index is 12.4. The zero-order valence-electron chi connectivity index (χ0n) is 16.8. The van der Waals surface area contributed by atoms with Crippen LogP contribution >= 0.6 is 12.2 Å². The molecule has 0 aliphatic heterocycles. The fourth-order valence-corrected chi connectivity index (χ4v) is 3.73. The summed E-state index contributed by atoms with van der Waals surface area (Å²) in [6.07, 6.45) is 12.2. The van der Waals surface area contributed by atoms with Gasteiger partial charge >= 0.3 is 0 Å². The summed E-state index contributed by atoms with van der Waals surface area (Å²) in [6, 6.07) is 7.75. The Morgan fingerprint density at radius 3 is 2.44 bits per heavy atom. The number of carbonyl (C=O) groups excluding carboxylic acids is 1. The van der Waals surface area contributed by atoms with Crippen LogP contribution in [0.5, 0.6) is 5.75 Å². The molecule has 4 nitrogen and oxygen atoms in total. The molecule has 27 heavy (non-hydrogen) atoms. The molecule has 0 unspecified atom stereocenters. The highest BCUT2D eigenvalue weighted by Crippen LogP contribution is 2.21. The molecule has 150 valence electrons. The zero-order valence-corrected chi connectivity index (χ0v) is 17.7. The Kier molecular flexibility index (Phi) is 9.60. The average molecular weight is 391 g/mol. The number of unbranched alkanes of at least 4 members (excludes halogenated alkanes) is 4. The first-order valence-electron chi connectivity index (χ1n) is 10.4. The van der Waals surface area contributed by atoms with Crippen molar-refractivity contribution >= 4 is 23.2 Å². The molecule has 0 bridgehead atoms. The normalized spacial score (nSPS) is 14.6. The summed E-state index contributed by atoms with van der Waals surface area (Å²) in [6.45, 7) is 2.94. The molecule has 1 amide bonds. The van der Waals surface area contributed by atoms with Crippen LogP contribution in [0.1, 0.15) is 81.5 Å². The van der Waals surface area contributed by atoms with Gasteiger partial charge in [0.15, 0.2) is 5.11 Å². The van der Waals surface area contributed by atoms with Gasteiger partial charge in [-0.1, -0.05) is 51.9 Å². The molecule has 2 rings (SSSR count). The number of hydrogen-bond donors (Lipinski definition) is 1. The number of rotatable bonds is 9. The predicted octanol–water partition coefficient (Wildman–Crippen LogP) is 5.32. The molecule has 0 spiro atoms. The fourth-order valence-electron chi connectivity index (χ4n) is 3.49. The lowest BCUT2D eigenvalue weighted by molar-refractivity contribution is 0.0972. The standard InChI is InChI=1S/C22H34N2O2S/c1-3-4-5-6-10-17-26-20-15-13-18(14-16-20)21(25)23-22(27)24(2)19-11-8-7-9-12-19/h13-16,19H,3-12,17H2,1-2H3,(H,23,25,27). The second-order valence-corrected chi connectivity index (χ2v) is 7.84. The van der Waals surface area contributed by atoms with E-state index in [0.29, 0.717) is 16.7 Å². The second kappa shape index (κ2) is 12.0. The van der Waals surface area contributed by atoms with Gasteiger partial charge in [-0.05, 0) is 55.7 Å². The summed E-state index contributed by atoms with van der Waals surface area (Å²) < 4.78 is 5.75. The van der Waals surface area contributed by atoms with Gasteiger partial charge in [0.25, 0.3) is 5.91 Å². The van der Waals surface area contributed by atoms with Crippen molar-refractivity contribution in [1.29, 1.82) is 0 Å². The molecule has 1 aromatic carbocycles. The fraction of sp³-hybridized carbons (Fsp3) is 0.636. The lowest BCUT2D eigenvalue weighted by Crippen LogP contribution is -2.46. The van der Waals surface area contributed by atoms with Crippen LogP contribution in [0.25, 0.3) is 0 Å². The summed E-state index contributed by atoms with van der Waals surface area (Å²) in [7, 11) is 1.98. The van der Waals surface area contributed by atoms with Gasteiger partial charge < -0.3 is 9.64 Å². The minimum absolute atomic E-state index is 0.159. The molecule has 1 aromatic rings. The first-order valence-corrected chi connectivity index (χ1v) is 10.8. The second-order valence-electron chi connectivity index (χ2n) is 7.45. The van der Waals surface area contributed by atoms with E-state index in [1.54, 1.807) is 12.1 Å². The summed E-state index contributed by atoms with van der Waals surface area (Å²) in [5, 5.41) is 3.38. The molecule has 0 saturated heterocycles. The molecule has 1 aliphatic carbocycles. The van der Waals surface area contributed by atoms with E-state index in [1.807, 2.05) is 24.1 Å². The summed E-state index contributed by atoms with van der Waals surface area (Å²) >= 11 is 5.43. The average Bonchev–Trinajstić information content (AvgIpc) is 2.71. The van der Waals surface area contributed by atoms with E-state index >= 15 is 0 Å². The predicted molar refractivity (Wildman–Crippen MR) is 115 cm³/mol. The summed E-state index contributed by atoms with van der Waals surface area (Å²) in [4.78, 5) is 14.5. The maximum Gasteiger partial charge on any atom is 0.257 e. The monoisotopic (exact) mass is 390 g/mol. The Hall–Kier alpha value is -1.62. The molecule has 1 N–H and O–H groups in total. The third kappa shape index (κ3) is 7.49. The lowest BCUT2D eigenvalue weighted by Gasteiger charge is -2.32. The topological polar surface area (TPSA) is 41.6 Å². The van der Waals surface area contributed by atoms with Crippen LogP contribution in [-0.2, 0) is 0 Å². The van der Waals surface area contributed by atoms with Gasteiger partial charge in [-0.3, -0.25) is 10.1 Å². The smallest absolute Gasteiger partial charge is 0.257 e. The molecule has 0 heterocycles. The van der Waals surface area contributed by atoms with E-state index in [0.717, 1.165) is 31.6 Å². The van der Waals surface area contributed by atoms with Crippen LogP contribution < -0.4 is 10.1 Å². The Morgan fingerprint density at radius 2 is 1.78 bits per heavy atom. The maximum atomic E-state index is 12.4. The van der Waals surface area contributed by atoms with E-state index in [9.17, 15) is 4.79 Å². The van der Waals surface area contributed by atoms with Crippen molar-refractivity contribution in [1.82, 2.24) is 10.2 Å². The molecule has 1 aliphatic rings. The van der Waals surface area contributed by atoms with E-state index < -0.39 is 0 Å². The zero-order chi connectivity index (χ0) is 19.5. The van der Waals surface area contributed by atoms with E-state index in [4.69, 9.17) is 17.0 Å². The Balaban J connectivity index is 1.74. The van der Waals surface area contributed by atoms with Gasteiger partial charge in [0.2, 0.25) is 0 Å². The van der Waals surface area contributed by atoms with E-state index in [1.165, 1.54) is 44.9 Å². The number of ether oxygens (including phenoxy) is 1. The molecule has 5 heteroatoms. The van der Waals surface area contributed by atoms with Crippen LogP contribution in [0.3, 0.4) is 0 Å². The van der Waals surface area contributed by atoms with Gasteiger partial charge in [-0.15, -0.1) is 0 Å². The molecule has 0 aromatic heterocycles. The Morgan fingerprint density at radius 1 is 1.11 bits per heavy atom. The molecule has 1 saturated carbocycles. The third-order valence-corrected chi connectivity index (χ3v) is 5.69. The third-order valence-electron chi connectivity index (χ3n) is 5.30. The minimum atomic E-state index is -0.159. The van der Waals surface area contributed by atoms with Crippen LogP contribution in [-0.4, -0.2) is 35.6 Å². The largest absolute Gasteiger partial charge is 0.494 e. The SMILES string of the molecule is CCCCCCCOc1ccc(C(=O)NC(=S)N(C)C2CCCCC2)cc1. The molecular weight excluding hydrogens is 356 g/mol. The first kappa shape index (κ1) is 21.7. The van der Waals surface area contributed by atoms with Crippen molar-refractivity contribution in [3.63, 3.8) is 0 Å². The Bertz CT molecular complexity index is 582. The summed E-state index contributed by atoms with van der Waals surface area (Å²) in [5.41, 5.74) is 0.602. The number of hydrogen-bond acceptors (Lipinski definition) is 3. The van der Waals surface area contributed by atoms with Crippen molar-refractivity contribution in [2.45, 2.75) is 77.2 Å². The van der Waals surface area contributed by atoms with Gasteiger partial charge in [-0.2, -0.15) is 0 Å². The van der Waals surface area contributed by atoms with Crippen LogP contribution in [0, 0.1) is 0 Å². The van der Waals surface area contributed by atoms with Gasteiger partial charge in [0, 0.05) is 18.7 Å². The molecule has 0 atom stereocenters. The summed E-state index contributed by atoms with van der Waals surface area (Å²) in [5.74, 6) is 0.651. The quantitative estimate of drug-likeness (QED) is 0.458. The van der Waals surface area contributed by atoms with Crippen molar-refractivity contribution in [3.05, 3.63) is 29.8 Å². The van der Waals surface area contributed by atoms with Crippen LogP contribution in [0.2, 0.25) is 0 Å². The number of benzene rings is 1. The van der Waals surface area contributed by atoms with Crippen LogP contribution in [0.15, 0.2) is 24.3 Å². The number of carbonyl (C=O) groups is 1. The van der Waals surface area contributed by atoms with Crippen molar-refractivity contribution < 1.29 is 9.53 Å². The first-order chi connectivity index (χ1) is 13.1. The number of thiocarbonyl (C=S) groups is 1. The van der Waals surface area contributed by atoms with E-state index in [2.05, 4.69) is 12.2 Å². The number of nitrogens with zero attached hydrogens (tertiary/aromatic N) is 1. The van der Waals surface area contributed by atoms with Crippen molar-refractivity contribution in [2.24, 2.45) is 0 Å². The van der Waals surface area contributed by atoms with Crippen LogP contribution in [0.4, 0.5) is 0 Å². The Labute approximate surface area is 169 Å². The van der Waals surface area contributed by atoms with Gasteiger partial charge in [-0.25, -0.2) is 0 Å². The molecule has 0 radical (unpaired) electrons. The highest BCUT2D eigenvalue weighted by atomic mass is 32.1. The van der Waals surface area contributed by atoms with E-state index in [-0.39, 0.29) is 5.91 Å². The molecule has 1 fully saturated rings. The van der Waals surface area contributed by atoms with Gasteiger partial charge in [0.1, 0.15) is 5.75 Å². The number of nitrogens with one attached hydrogen (secondary N) is 1. The minimum Gasteiger partial charge on any atom is -0.494 e. The van der Waals surface area contributed by atoms with Gasteiger partial charge in [0.05, 0.1) is 6.61 Å².